The zero-order valence-corrected chi connectivity index (χ0v) is 25.9. The number of anilines is 1. The lowest BCUT2D eigenvalue weighted by Crippen LogP contribution is -2.51. The number of hydrogen-bond acceptors (Lipinski definition) is 5. The van der Waals surface area contributed by atoms with E-state index in [0.29, 0.717) is 22.9 Å². The van der Waals surface area contributed by atoms with Crippen molar-refractivity contribution in [2.75, 3.05) is 24.5 Å². The van der Waals surface area contributed by atoms with Gasteiger partial charge in [-0.05, 0) is 74.2 Å². The first-order valence-corrected chi connectivity index (χ1v) is 15.2. The molecule has 0 fully saturated rings. The minimum absolute atomic E-state index is 0.0392. The topological polar surface area (TPSA) is 96.0 Å². The van der Waals surface area contributed by atoms with Gasteiger partial charge in [-0.2, -0.15) is 0 Å². The molecule has 0 spiro atoms. The molecular formula is C31H38ClN3O5S. The van der Waals surface area contributed by atoms with E-state index in [-0.39, 0.29) is 29.0 Å². The Bertz CT molecular complexity index is 1480. The van der Waals surface area contributed by atoms with Gasteiger partial charge in [0.05, 0.1) is 17.7 Å². The summed E-state index contributed by atoms with van der Waals surface area (Å²) in [7, 11) is -2.64. The van der Waals surface area contributed by atoms with E-state index in [9.17, 15) is 18.0 Å². The first-order valence-electron chi connectivity index (χ1n) is 13.4. The van der Waals surface area contributed by atoms with Crippen LogP contribution in [0.3, 0.4) is 0 Å². The van der Waals surface area contributed by atoms with Crippen molar-refractivity contribution in [1.82, 2.24) is 10.2 Å². The van der Waals surface area contributed by atoms with Crippen molar-refractivity contribution in [3.63, 3.8) is 0 Å². The number of sulfonamides is 1. The largest absolute Gasteiger partial charge is 0.497 e. The van der Waals surface area contributed by atoms with Crippen LogP contribution in [0.15, 0.2) is 71.6 Å². The summed E-state index contributed by atoms with van der Waals surface area (Å²) in [4.78, 5) is 28.6. The van der Waals surface area contributed by atoms with E-state index in [0.717, 1.165) is 15.4 Å². The van der Waals surface area contributed by atoms with E-state index in [1.807, 2.05) is 26.8 Å². The number of methoxy groups -OCH3 is 1. The van der Waals surface area contributed by atoms with Gasteiger partial charge in [-0.15, -0.1) is 0 Å². The number of amides is 2. The molecule has 0 aliphatic rings. The minimum atomic E-state index is -4.18. The average molecular weight is 600 g/mol. The lowest BCUT2D eigenvalue weighted by molar-refractivity contribution is -0.139. The number of halogens is 1. The normalized spacial score (nSPS) is 12.1. The van der Waals surface area contributed by atoms with E-state index in [1.165, 1.54) is 23.1 Å². The highest BCUT2D eigenvalue weighted by molar-refractivity contribution is 7.92. The molecule has 220 valence electrons. The highest BCUT2D eigenvalue weighted by atomic mass is 35.5. The lowest BCUT2D eigenvalue weighted by atomic mass is 10.1. The van der Waals surface area contributed by atoms with E-state index in [1.54, 1.807) is 63.4 Å². The van der Waals surface area contributed by atoms with E-state index < -0.39 is 28.5 Å². The molecule has 1 N–H and O–H groups in total. The molecule has 0 saturated heterocycles. The number of aryl methyl sites for hydroxylation is 2. The predicted octanol–water partition coefficient (Wildman–Crippen LogP) is 5.35. The van der Waals surface area contributed by atoms with Crippen molar-refractivity contribution in [2.24, 2.45) is 5.92 Å². The molecule has 0 saturated carbocycles. The number of carbonyl (C=O) groups is 2. The van der Waals surface area contributed by atoms with Gasteiger partial charge < -0.3 is 15.0 Å². The molecule has 8 nitrogen and oxygen atoms in total. The fourth-order valence-corrected chi connectivity index (χ4v) is 5.84. The molecule has 0 aromatic heterocycles. The molecule has 1 atom stereocenters. The van der Waals surface area contributed by atoms with Crippen molar-refractivity contribution in [3.05, 3.63) is 88.4 Å². The third-order valence-corrected chi connectivity index (χ3v) is 8.68. The Balaban J connectivity index is 2.06. The third kappa shape index (κ3) is 8.24. The molecule has 0 heterocycles. The number of benzene rings is 3. The van der Waals surface area contributed by atoms with Crippen molar-refractivity contribution in [2.45, 2.75) is 52.1 Å². The number of nitrogens with zero attached hydrogens (tertiary/aromatic N) is 2. The van der Waals surface area contributed by atoms with E-state index >= 15 is 0 Å². The summed E-state index contributed by atoms with van der Waals surface area (Å²) in [6, 6.07) is 17.6. The van der Waals surface area contributed by atoms with Gasteiger partial charge in [0.25, 0.3) is 10.0 Å². The van der Waals surface area contributed by atoms with Gasteiger partial charge in [0.2, 0.25) is 11.8 Å². The quantitative estimate of drug-likeness (QED) is 0.303. The van der Waals surface area contributed by atoms with E-state index in [4.69, 9.17) is 16.3 Å². The van der Waals surface area contributed by atoms with Crippen LogP contribution in [0.4, 0.5) is 5.69 Å². The molecule has 0 unspecified atom stereocenters. The minimum Gasteiger partial charge on any atom is -0.497 e. The molecular weight excluding hydrogens is 562 g/mol. The van der Waals surface area contributed by atoms with Gasteiger partial charge in [-0.1, -0.05) is 61.3 Å². The fraction of sp³-hybridized carbons (Fsp3) is 0.355. The molecule has 2 amide bonds. The molecule has 0 radical (unpaired) electrons. The maximum atomic E-state index is 14.1. The number of ether oxygens (including phenoxy) is 1. The molecule has 0 aliphatic heterocycles. The van der Waals surface area contributed by atoms with Crippen LogP contribution in [0.5, 0.6) is 5.75 Å². The van der Waals surface area contributed by atoms with E-state index in [2.05, 4.69) is 5.32 Å². The third-order valence-electron chi connectivity index (χ3n) is 6.67. The number of rotatable bonds is 12. The Hall–Kier alpha value is -3.56. The second-order valence-electron chi connectivity index (χ2n) is 10.4. The van der Waals surface area contributed by atoms with Gasteiger partial charge in [0, 0.05) is 18.1 Å². The van der Waals surface area contributed by atoms with Crippen molar-refractivity contribution in [1.29, 1.82) is 0 Å². The molecule has 3 rings (SSSR count). The van der Waals surface area contributed by atoms with Gasteiger partial charge in [-0.25, -0.2) is 8.42 Å². The van der Waals surface area contributed by atoms with Gasteiger partial charge in [0.1, 0.15) is 18.3 Å². The molecule has 10 heteroatoms. The standard InChI is InChI=1S/C31H38ClN3O5S/c1-21(2)18-33-31(37)24(5)34(19-25-8-7-9-27(16-25)40-6)30(36)20-35(29-17-26(32)13-12-23(29)4)41(38,39)28-14-10-22(3)11-15-28/h7-17,21,24H,18-20H2,1-6H3,(H,33,37)/t24-/m0/s1. The van der Waals surface area contributed by atoms with Gasteiger partial charge >= 0.3 is 0 Å². The van der Waals surface area contributed by atoms with Crippen LogP contribution in [0.2, 0.25) is 5.02 Å². The van der Waals surface area contributed by atoms with Gasteiger partial charge in [0.15, 0.2) is 0 Å². The summed E-state index contributed by atoms with van der Waals surface area (Å²) >= 11 is 6.28. The molecule has 0 bridgehead atoms. The predicted molar refractivity (Wildman–Crippen MR) is 163 cm³/mol. The summed E-state index contributed by atoms with van der Waals surface area (Å²) in [6.07, 6.45) is 0. The zero-order chi connectivity index (χ0) is 30.3. The smallest absolute Gasteiger partial charge is 0.264 e. The monoisotopic (exact) mass is 599 g/mol. The van der Waals surface area contributed by atoms with Crippen LogP contribution >= 0.6 is 11.6 Å². The Morgan fingerprint density at radius 3 is 2.29 bits per heavy atom. The second-order valence-corrected chi connectivity index (χ2v) is 12.7. The number of carbonyl (C=O) groups excluding carboxylic acids is 2. The second kappa shape index (κ2) is 13.9. The summed E-state index contributed by atoms with van der Waals surface area (Å²) in [5.74, 6) is -0.0588. The van der Waals surface area contributed by atoms with Gasteiger partial charge in [-0.3, -0.25) is 13.9 Å². The number of hydrogen-bond donors (Lipinski definition) is 1. The highest BCUT2D eigenvalue weighted by Gasteiger charge is 2.33. The number of nitrogens with one attached hydrogen (secondary N) is 1. The molecule has 41 heavy (non-hydrogen) atoms. The van der Waals surface area contributed by atoms with Crippen LogP contribution in [0, 0.1) is 19.8 Å². The molecule has 3 aromatic carbocycles. The molecule has 0 aliphatic carbocycles. The van der Waals surface area contributed by atoms with Crippen LogP contribution in [0.1, 0.15) is 37.5 Å². The van der Waals surface area contributed by atoms with Crippen molar-refractivity contribution < 1.29 is 22.7 Å². The zero-order valence-electron chi connectivity index (χ0n) is 24.3. The SMILES string of the molecule is COc1cccc(CN(C(=O)CN(c2cc(Cl)ccc2C)S(=O)(=O)c2ccc(C)cc2)[C@@H](C)C(=O)NCC(C)C)c1. The summed E-state index contributed by atoms with van der Waals surface area (Å²) in [5, 5.41) is 3.21. The summed E-state index contributed by atoms with van der Waals surface area (Å²) in [6.45, 7) is 9.18. The Kier molecular flexibility index (Phi) is 10.8. The van der Waals surface area contributed by atoms with Crippen LogP contribution < -0.4 is 14.4 Å². The first-order chi connectivity index (χ1) is 19.3. The Morgan fingerprint density at radius 1 is 0.976 bits per heavy atom. The molecule has 3 aromatic rings. The summed E-state index contributed by atoms with van der Waals surface area (Å²) in [5.41, 5.74) is 2.54. The van der Waals surface area contributed by atoms with Crippen molar-refractivity contribution >= 4 is 39.1 Å². The van der Waals surface area contributed by atoms with Crippen LogP contribution in [-0.2, 0) is 26.2 Å². The maximum absolute atomic E-state index is 14.1. The fourth-order valence-electron chi connectivity index (χ4n) is 4.20. The first kappa shape index (κ1) is 32.0. The van der Waals surface area contributed by atoms with Crippen molar-refractivity contribution in [3.8, 4) is 5.75 Å². The van der Waals surface area contributed by atoms with Crippen LogP contribution in [0.25, 0.3) is 0 Å². The van der Waals surface area contributed by atoms with Crippen LogP contribution in [-0.4, -0.2) is 51.4 Å². The summed E-state index contributed by atoms with van der Waals surface area (Å²) < 4.78 is 34.4. The highest BCUT2D eigenvalue weighted by Crippen LogP contribution is 2.30. The Labute approximate surface area is 248 Å². The lowest BCUT2D eigenvalue weighted by Gasteiger charge is -2.32. The Morgan fingerprint density at radius 2 is 1.66 bits per heavy atom. The average Bonchev–Trinajstić information content (AvgIpc) is 2.94. The maximum Gasteiger partial charge on any atom is 0.264 e.